The van der Waals surface area contributed by atoms with Gasteiger partial charge in [-0.05, 0) is 43.1 Å². The zero-order chi connectivity index (χ0) is 16.6. The van der Waals surface area contributed by atoms with Gasteiger partial charge in [-0.1, -0.05) is 12.1 Å². The number of nitrogens with zero attached hydrogens (tertiary/aromatic N) is 2. The highest BCUT2D eigenvalue weighted by atomic mass is 32.1. The number of hydrogen-bond acceptors (Lipinski definition) is 4. The van der Waals surface area contributed by atoms with Gasteiger partial charge in [0.25, 0.3) is 5.91 Å². The Hall–Kier alpha value is -2.05. The maximum atomic E-state index is 13.9. The van der Waals surface area contributed by atoms with Crippen LogP contribution in [0.15, 0.2) is 35.7 Å². The van der Waals surface area contributed by atoms with Crippen LogP contribution in [0.25, 0.3) is 0 Å². The van der Waals surface area contributed by atoms with Crippen molar-refractivity contribution in [1.82, 2.24) is 4.90 Å². The van der Waals surface area contributed by atoms with E-state index in [1.807, 2.05) is 30.3 Å². The van der Waals surface area contributed by atoms with Crippen LogP contribution in [0.3, 0.4) is 0 Å². The minimum atomic E-state index is -0.563. The summed E-state index contributed by atoms with van der Waals surface area (Å²) in [4.78, 5) is 28.9. The lowest BCUT2D eigenvalue weighted by molar-refractivity contribution is -0.122. The highest BCUT2D eigenvalue weighted by molar-refractivity contribution is 7.10. The minimum Gasteiger partial charge on any atom is -0.289 e. The van der Waals surface area contributed by atoms with Gasteiger partial charge in [-0.15, -0.1) is 11.3 Å². The van der Waals surface area contributed by atoms with Crippen molar-refractivity contribution in [3.63, 3.8) is 0 Å². The van der Waals surface area contributed by atoms with Crippen molar-refractivity contribution in [3.8, 4) is 0 Å². The normalized spacial score (nSPS) is 18.3. The molecule has 0 bridgehead atoms. The number of thiophene rings is 1. The number of likely N-dealkylation sites (N-methyl/N-ethyl adjacent to an activating group) is 1. The van der Waals surface area contributed by atoms with Gasteiger partial charge in [0.1, 0.15) is 5.82 Å². The van der Waals surface area contributed by atoms with Gasteiger partial charge in [0.05, 0.1) is 18.2 Å². The summed E-state index contributed by atoms with van der Waals surface area (Å²) in [5.41, 5.74) is 1.20. The zero-order valence-electron chi connectivity index (χ0n) is 13.0. The Balaban J connectivity index is 1.81. The Morgan fingerprint density at radius 3 is 2.70 bits per heavy atom. The fourth-order valence-corrected chi connectivity index (χ4v) is 3.72. The first kappa shape index (κ1) is 15.8. The molecule has 23 heavy (non-hydrogen) atoms. The molecule has 120 valence electrons. The van der Waals surface area contributed by atoms with E-state index in [2.05, 4.69) is 0 Å². The number of benzene rings is 1. The molecule has 1 aromatic heterocycles. The molecule has 1 atom stereocenters. The van der Waals surface area contributed by atoms with E-state index in [-0.39, 0.29) is 23.9 Å². The molecule has 0 aliphatic carbocycles. The van der Waals surface area contributed by atoms with E-state index < -0.39 is 11.9 Å². The number of imide groups is 1. The van der Waals surface area contributed by atoms with Gasteiger partial charge in [-0.2, -0.15) is 0 Å². The van der Waals surface area contributed by atoms with E-state index in [4.69, 9.17) is 0 Å². The molecule has 4 nitrogen and oxygen atoms in total. The van der Waals surface area contributed by atoms with Gasteiger partial charge in [0, 0.05) is 11.4 Å². The van der Waals surface area contributed by atoms with Crippen molar-refractivity contribution < 1.29 is 14.0 Å². The molecule has 1 aliphatic rings. The summed E-state index contributed by atoms with van der Waals surface area (Å²) >= 11 is 1.63. The summed E-state index contributed by atoms with van der Waals surface area (Å²) in [7, 11) is 1.82. The molecule has 2 heterocycles. The Morgan fingerprint density at radius 2 is 2.04 bits per heavy atom. The van der Waals surface area contributed by atoms with Crippen molar-refractivity contribution in [2.24, 2.45) is 0 Å². The van der Waals surface area contributed by atoms with E-state index in [1.165, 1.54) is 23.8 Å². The largest absolute Gasteiger partial charge is 0.289 e. The van der Waals surface area contributed by atoms with Gasteiger partial charge in [0.15, 0.2) is 0 Å². The smallest absolute Gasteiger partial charge is 0.251 e. The Bertz CT molecular complexity index is 759. The lowest BCUT2D eigenvalue weighted by atomic mass is 10.2. The molecule has 1 aromatic carbocycles. The second-order valence-electron chi connectivity index (χ2n) is 5.68. The number of carbonyl (C=O) groups is 2. The SMILES string of the molecule is Cc1ccsc1CN(C)[C@@H]1CC(=O)N(c2ccccc2F)C1=O. The first-order valence-corrected chi connectivity index (χ1v) is 8.21. The van der Waals surface area contributed by atoms with Crippen molar-refractivity contribution in [3.05, 3.63) is 52.0 Å². The third kappa shape index (κ3) is 2.92. The minimum absolute atomic E-state index is 0.0331. The van der Waals surface area contributed by atoms with Crippen LogP contribution in [0.4, 0.5) is 10.1 Å². The lowest BCUT2D eigenvalue weighted by Crippen LogP contribution is -2.40. The molecule has 2 amide bonds. The van der Waals surface area contributed by atoms with Crippen LogP contribution in [0.1, 0.15) is 16.9 Å². The molecular weight excluding hydrogens is 315 g/mol. The quantitative estimate of drug-likeness (QED) is 0.808. The molecule has 2 aromatic rings. The second-order valence-corrected chi connectivity index (χ2v) is 6.68. The third-order valence-electron chi connectivity index (χ3n) is 4.11. The number of para-hydroxylation sites is 1. The Kier molecular flexibility index (Phi) is 4.28. The number of rotatable bonds is 4. The topological polar surface area (TPSA) is 40.6 Å². The highest BCUT2D eigenvalue weighted by Crippen LogP contribution is 2.28. The lowest BCUT2D eigenvalue weighted by Gasteiger charge is -2.22. The van der Waals surface area contributed by atoms with Crippen LogP contribution in [-0.4, -0.2) is 29.8 Å². The molecule has 1 saturated heterocycles. The standard InChI is InChI=1S/C17H17FN2O2S/c1-11-7-8-23-15(11)10-19(2)14-9-16(21)20(17(14)22)13-6-4-3-5-12(13)18/h3-8,14H,9-10H2,1-2H3/t14-/m1/s1. The summed E-state index contributed by atoms with van der Waals surface area (Å²) in [5, 5.41) is 2.01. The van der Waals surface area contributed by atoms with E-state index >= 15 is 0 Å². The monoisotopic (exact) mass is 332 g/mol. The molecule has 0 saturated carbocycles. The van der Waals surface area contributed by atoms with E-state index in [0.717, 1.165) is 9.78 Å². The van der Waals surface area contributed by atoms with Crippen LogP contribution in [0.5, 0.6) is 0 Å². The summed E-state index contributed by atoms with van der Waals surface area (Å²) in [5.74, 6) is -1.29. The maximum absolute atomic E-state index is 13.9. The first-order chi connectivity index (χ1) is 11.0. The van der Waals surface area contributed by atoms with Crippen LogP contribution in [-0.2, 0) is 16.1 Å². The molecule has 0 spiro atoms. The fraction of sp³-hybridized carbons (Fsp3) is 0.294. The average Bonchev–Trinajstić information content (AvgIpc) is 3.04. The fourth-order valence-electron chi connectivity index (χ4n) is 2.75. The van der Waals surface area contributed by atoms with Gasteiger partial charge in [0.2, 0.25) is 5.91 Å². The molecule has 0 N–H and O–H groups in total. The molecular formula is C17H17FN2O2S. The van der Waals surface area contributed by atoms with Gasteiger partial charge >= 0.3 is 0 Å². The maximum Gasteiger partial charge on any atom is 0.251 e. The average molecular weight is 332 g/mol. The zero-order valence-corrected chi connectivity index (χ0v) is 13.8. The van der Waals surface area contributed by atoms with Crippen LogP contribution < -0.4 is 4.90 Å². The number of halogens is 1. The summed E-state index contributed by atoms with van der Waals surface area (Å²) in [6, 6.07) is 7.33. The van der Waals surface area contributed by atoms with Gasteiger partial charge in [-0.25, -0.2) is 9.29 Å². The Morgan fingerprint density at radius 1 is 1.30 bits per heavy atom. The first-order valence-electron chi connectivity index (χ1n) is 7.33. The van der Waals surface area contributed by atoms with Crippen molar-refractivity contribution in [2.75, 3.05) is 11.9 Å². The van der Waals surface area contributed by atoms with E-state index in [1.54, 1.807) is 17.4 Å². The van der Waals surface area contributed by atoms with Crippen LogP contribution in [0.2, 0.25) is 0 Å². The molecule has 1 aliphatic heterocycles. The van der Waals surface area contributed by atoms with Crippen LogP contribution >= 0.6 is 11.3 Å². The number of amides is 2. The molecule has 0 radical (unpaired) electrons. The predicted molar refractivity (Wildman–Crippen MR) is 87.8 cm³/mol. The van der Waals surface area contributed by atoms with Crippen molar-refractivity contribution >= 4 is 28.8 Å². The number of aryl methyl sites for hydroxylation is 1. The van der Waals surface area contributed by atoms with E-state index in [9.17, 15) is 14.0 Å². The molecule has 1 fully saturated rings. The van der Waals surface area contributed by atoms with Gasteiger partial charge < -0.3 is 0 Å². The van der Waals surface area contributed by atoms with Gasteiger partial charge in [-0.3, -0.25) is 14.5 Å². The van der Waals surface area contributed by atoms with Crippen molar-refractivity contribution in [1.29, 1.82) is 0 Å². The van der Waals surface area contributed by atoms with Crippen LogP contribution in [0, 0.1) is 12.7 Å². The Labute approximate surface area is 138 Å². The summed E-state index contributed by atoms with van der Waals surface area (Å²) in [6.07, 6.45) is 0.0775. The predicted octanol–water partition coefficient (Wildman–Crippen LogP) is 2.96. The number of carbonyl (C=O) groups excluding carboxylic acids is 2. The number of anilines is 1. The second kappa shape index (κ2) is 6.22. The molecule has 3 rings (SSSR count). The number of hydrogen-bond donors (Lipinski definition) is 0. The molecule has 6 heteroatoms. The molecule has 0 unspecified atom stereocenters. The third-order valence-corrected chi connectivity index (χ3v) is 5.12. The summed E-state index contributed by atoms with van der Waals surface area (Å²) in [6.45, 7) is 2.62. The van der Waals surface area contributed by atoms with Crippen molar-refractivity contribution in [2.45, 2.75) is 25.9 Å². The highest BCUT2D eigenvalue weighted by Gasteiger charge is 2.42. The summed E-state index contributed by atoms with van der Waals surface area (Å²) < 4.78 is 13.9. The van der Waals surface area contributed by atoms with E-state index in [0.29, 0.717) is 6.54 Å².